The van der Waals surface area contributed by atoms with E-state index >= 15 is 0 Å². The molecule has 0 atom stereocenters. The number of allylic oxidation sites excluding steroid dienone is 1. The lowest BCUT2D eigenvalue weighted by atomic mass is 10.1. The van der Waals surface area contributed by atoms with Crippen LogP contribution in [0.1, 0.15) is 11.1 Å². The molecule has 114 valence electrons. The largest absolute Gasteiger partial charge is 0.410 e. The number of carbonyl (C=O) groups is 1. The summed E-state index contributed by atoms with van der Waals surface area (Å²) in [5.41, 5.74) is 2.77. The van der Waals surface area contributed by atoms with Gasteiger partial charge in [0.25, 0.3) is 5.91 Å². The smallest absolute Gasteiger partial charge is 0.280 e. The predicted octanol–water partition coefficient (Wildman–Crippen LogP) is 2.63. The Balaban J connectivity index is 1.95. The van der Waals surface area contributed by atoms with Gasteiger partial charge in [-0.2, -0.15) is 0 Å². The van der Waals surface area contributed by atoms with E-state index < -0.39 is 5.91 Å². The van der Waals surface area contributed by atoms with E-state index in [2.05, 4.69) is 15.5 Å². The molecule has 1 saturated heterocycles. The molecule has 5 nitrogen and oxygen atoms in total. The topological polar surface area (TPSA) is 74.0 Å². The Hall–Kier alpha value is -3.21. The van der Waals surface area contributed by atoms with Gasteiger partial charge in [0, 0.05) is 0 Å². The van der Waals surface area contributed by atoms with Crippen molar-refractivity contribution < 1.29 is 10.0 Å². The Morgan fingerprint density at radius 2 is 1.61 bits per heavy atom. The summed E-state index contributed by atoms with van der Waals surface area (Å²) in [4.78, 5) is 16.4. The van der Waals surface area contributed by atoms with Crippen LogP contribution in [0.2, 0.25) is 0 Å². The van der Waals surface area contributed by atoms with Gasteiger partial charge in [0.05, 0.1) is 12.2 Å². The van der Waals surface area contributed by atoms with Gasteiger partial charge in [0.2, 0.25) is 0 Å². The van der Waals surface area contributed by atoms with Gasteiger partial charge in [-0.05, 0) is 17.2 Å². The lowest BCUT2D eigenvalue weighted by Crippen LogP contribution is -2.19. The van der Waals surface area contributed by atoms with Crippen LogP contribution in [0.4, 0.5) is 0 Å². The molecule has 0 saturated carbocycles. The van der Waals surface area contributed by atoms with Crippen LogP contribution in [0.15, 0.2) is 76.5 Å². The molecule has 5 heteroatoms. The monoisotopic (exact) mass is 305 g/mol. The molecule has 0 spiro atoms. The van der Waals surface area contributed by atoms with Gasteiger partial charge in [0.15, 0.2) is 5.71 Å². The summed E-state index contributed by atoms with van der Waals surface area (Å²) < 4.78 is 0. The van der Waals surface area contributed by atoms with Gasteiger partial charge >= 0.3 is 0 Å². The van der Waals surface area contributed by atoms with E-state index in [1.54, 1.807) is 6.08 Å². The van der Waals surface area contributed by atoms with Crippen LogP contribution in [0.3, 0.4) is 0 Å². The van der Waals surface area contributed by atoms with Crippen molar-refractivity contribution in [2.75, 3.05) is 0 Å². The number of amides is 1. The van der Waals surface area contributed by atoms with Gasteiger partial charge in [-0.15, -0.1) is 0 Å². The van der Waals surface area contributed by atoms with Crippen LogP contribution in [0, 0.1) is 0 Å². The van der Waals surface area contributed by atoms with Crippen LogP contribution in [-0.2, 0) is 11.3 Å². The molecule has 2 N–H and O–H groups in total. The number of benzene rings is 2. The minimum Gasteiger partial charge on any atom is -0.410 e. The highest BCUT2D eigenvalue weighted by Gasteiger charge is 2.31. The zero-order valence-electron chi connectivity index (χ0n) is 12.3. The van der Waals surface area contributed by atoms with Gasteiger partial charge < -0.3 is 10.5 Å². The Morgan fingerprint density at radius 3 is 2.26 bits per heavy atom. The van der Waals surface area contributed by atoms with E-state index in [0.29, 0.717) is 18.0 Å². The third-order valence-electron chi connectivity index (χ3n) is 3.42. The van der Waals surface area contributed by atoms with Crippen LogP contribution < -0.4 is 5.32 Å². The van der Waals surface area contributed by atoms with Crippen LogP contribution in [0.25, 0.3) is 6.08 Å². The predicted molar refractivity (Wildman–Crippen MR) is 89.4 cm³/mol. The van der Waals surface area contributed by atoms with Crippen molar-refractivity contribution in [2.24, 2.45) is 10.1 Å². The molecule has 0 aromatic heterocycles. The number of nitrogens with zero attached hydrogens (tertiary/aromatic N) is 2. The molecule has 1 aliphatic rings. The first-order chi connectivity index (χ1) is 11.3. The molecule has 0 aliphatic carbocycles. The first-order valence-corrected chi connectivity index (χ1v) is 7.17. The van der Waals surface area contributed by atoms with Crippen molar-refractivity contribution in [3.05, 3.63) is 77.5 Å². The highest BCUT2D eigenvalue weighted by molar-refractivity contribution is 6.74. The molecule has 0 radical (unpaired) electrons. The molecule has 0 unspecified atom stereocenters. The molecule has 2 aromatic carbocycles. The van der Waals surface area contributed by atoms with Crippen molar-refractivity contribution >= 4 is 23.4 Å². The second-order valence-corrected chi connectivity index (χ2v) is 5.02. The molecular formula is C18H15N3O2. The Labute approximate surface area is 133 Å². The fourth-order valence-electron chi connectivity index (χ4n) is 2.30. The third kappa shape index (κ3) is 3.35. The summed E-state index contributed by atoms with van der Waals surface area (Å²) in [6.45, 7) is 0.399. The molecular weight excluding hydrogens is 290 g/mol. The van der Waals surface area contributed by atoms with Crippen LogP contribution in [-0.4, -0.2) is 22.5 Å². The van der Waals surface area contributed by atoms with E-state index in [4.69, 9.17) is 5.21 Å². The Morgan fingerprint density at radius 1 is 0.957 bits per heavy atom. The highest BCUT2D eigenvalue weighted by atomic mass is 16.4. The SMILES string of the molecule is O=C1N/C(=C\c2ccccc2)C(=NCc2ccccc2)C1=NO. The maximum Gasteiger partial charge on any atom is 0.280 e. The standard InChI is InChI=1S/C18H15N3O2/c22-18-17(21-23)16(19-12-14-9-5-2-6-10-14)15(20-18)11-13-7-3-1-4-8-13/h1-11,23H,12H2,(H,20,22)/b15-11-,19-16?,21-17?. The summed E-state index contributed by atoms with van der Waals surface area (Å²) in [5.74, 6) is -0.457. The number of oxime groups is 1. The van der Waals surface area contributed by atoms with Crippen molar-refractivity contribution in [2.45, 2.75) is 6.54 Å². The summed E-state index contributed by atoms with van der Waals surface area (Å²) >= 11 is 0. The van der Waals surface area contributed by atoms with Crippen molar-refractivity contribution in [3.63, 3.8) is 0 Å². The van der Waals surface area contributed by atoms with Crippen molar-refractivity contribution in [1.82, 2.24) is 5.32 Å². The zero-order valence-corrected chi connectivity index (χ0v) is 12.3. The molecule has 23 heavy (non-hydrogen) atoms. The highest BCUT2D eigenvalue weighted by Crippen LogP contribution is 2.14. The average molecular weight is 305 g/mol. The maximum atomic E-state index is 11.9. The Bertz CT molecular complexity index is 794. The fraction of sp³-hybridized carbons (Fsp3) is 0.0556. The summed E-state index contributed by atoms with van der Waals surface area (Å²) in [7, 11) is 0. The van der Waals surface area contributed by atoms with Gasteiger partial charge in [-0.3, -0.25) is 9.79 Å². The van der Waals surface area contributed by atoms with Crippen LogP contribution >= 0.6 is 0 Å². The molecule has 1 amide bonds. The summed E-state index contributed by atoms with van der Waals surface area (Å²) in [6, 6.07) is 19.2. The number of rotatable bonds is 3. The van der Waals surface area contributed by atoms with E-state index in [1.807, 2.05) is 60.7 Å². The number of aliphatic imine (C=N–C) groups is 1. The van der Waals surface area contributed by atoms with Crippen molar-refractivity contribution in [3.8, 4) is 0 Å². The molecule has 3 rings (SSSR count). The first-order valence-electron chi connectivity index (χ1n) is 7.17. The van der Waals surface area contributed by atoms with Crippen molar-refractivity contribution in [1.29, 1.82) is 0 Å². The minimum atomic E-state index is -0.457. The van der Waals surface area contributed by atoms with Gasteiger partial charge in [-0.1, -0.05) is 65.8 Å². The fourth-order valence-corrected chi connectivity index (χ4v) is 2.30. The lowest BCUT2D eigenvalue weighted by molar-refractivity contribution is -0.113. The summed E-state index contributed by atoms with van der Waals surface area (Å²) in [6.07, 6.45) is 1.81. The van der Waals surface area contributed by atoms with Crippen LogP contribution in [0.5, 0.6) is 0 Å². The van der Waals surface area contributed by atoms with E-state index in [0.717, 1.165) is 11.1 Å². The first kappa shape index (κ1) is 14.7. The molecule has 1 aliphatic heterocycles. The normalized spacial score (nSPS) is 19.5. The molecule has 2 aromatic rings. The van der Waals surface area contributed by atoms with E-state index in [-0.39, 0.29) is 5.71 Å². The third-order valence-corrected chi connectivity index (χ3v) is 3.42. The quantitative estimate of drug-likeness (QED) is 0.676. The Kier molecular flexibility index (Phi) is 4.29. The number of hydrogen-bond donors (Lipinski definition) is 2. The maximum absolute atomic E-state index is 11.9. The van der Waals surface area contributed by atoms with E-state index in [1.165, 1.54) is 0 Å². The second kappa shape index (κ2) is 6.70. The van der Waals surface area contributed by atoms with Gasteiger partial charge in [-0.25, -0.2) is 0 Å². The number of nitrogens with one attached hydrogen (secondary N) is 1. The molecule has 1 fully saturated rings. The summed E-state index contributed by atoms with van der Waals surface area (Å²) in [5, 5.41) is 14.9. The lowest BCUT2D eigenvalue weighted by Gasteiger charge is -2.01. The minimum absolute atomic E-state index is 0.0666. The number of hydrogen-bond acceptors (Lipinski definition) is 4. The second-order valence-electron chi connectivity index (χ2n) is 5.02. The zero-order chi connectivity index (χ0) is 16.1. The van der Waals surface area contributed by atoms with E-state index in [9.17, 15) is 4.79 Å². The molecule has 0 bridgehead atoms. The molecule has 1 heterocycles. The average Bonchev–Trinajstić information content (AvgIpc) is 2.89. The van der Waals surface area contributed by atoms with Gasteiger partial charge in [0.1, 0.15) is 5.71 Å². The number of carbonyl (C=O) groups excluding carboxylic acids is 1.